The van der Waals surface area contributed by atoms with Gasteiger partial charge < -0.3 is 9.15 Å². The molecule has 0 aliphatic rings. The van der Waals surface area contributed by atoms with E-state index in [1.165, 1.54) is 11.1 Å². The molecule has 0 radical (unpaired) electrons. The first-order valence-corrected chi connectivity index (χ1v) is 7.68. The zero-order chi connectivity index (χ0) is 16.2. The maximum atomic E-state index is 5.82. The van der Waals surface area contributed by atoms with Gasteiger partial charge in [-0.25, -0.2) is 4.98 Å². The largest absolute Gasteiger partial charge is 0.444 e. The molecule has 0 aliphatic heterocycles. The van der Waals surface area contributed by atoms with Crippen LogP contribution in [0.25, 0.3) is 11.5 Å². The first kappa shape index (κ1) is 15.4. The number of aryl methyl sites for hydroxylation is 2. The molecular weight excluding hydrogens is 288 g/mol. The Morgan fingerprint density at radius 2 is 2.00 bits per heavy atom. The molecule has 0 saturated carbocycles. The lowest BCUT2D eigenvalue weighted by Crippen LogP contribution is -2.02. The van der Waals surface area contributed by atoms with E-state index >= 15 is 0 Å². The third-order valence-corrected chi connectivity index (χ3v) is 3.89. The number of nitrogens with zero attached hydrogens (tertiary/aromatic N) is 2. The highest BCUT2D eigenvalue weighted by molar-refractivity contribution is 5.55. The number of oxazole rings is 1. The van der Waals surface area contributed by atoms with Gasteiger partial charge in [0, 0.05) is 11.8 Å². The Labute approximate surface area is 136 Å². The molecular formula is C19H20N2O2. The van der Waals surface area contributed by atoms with E-state index < -0.39 is 0 Å². The van der Waals surface area contributed by atoms with Crippen LogP contribution >= 0.6 is 0 Å². The van der Waals surface area contributed by atoms with Crippen molar-refractivity contribution in [3.05, 3.63) is 71.4 Å². The van der Waals surface area contributed by atoms with Crippen molar-refractivity contribution in [3.8, 4) is 11.5 Å². The standard InChI is InChI=1S/C19H20N2O2/c1-13-7-8-16(10-14(13)2)19-21-17(12-23-19)11-22-15(3)18-6-4-5-9-20-18/h4-10,12,15H,11H2,1-3H3/t15-/m1/s1. The summed E-state index contributed by atoms with van der Waals surface area (Å²) in [4.78, 5) is 8.80. The Bertz CT molecular complexity index is 781. The number of hydrogen-bond acceptors (Lipinski definition) is 4. The van der Waals surface area contributed by atoms with Crippen molar-refractivity contribution in [1.82, 2.24) is 9.97 Å². The van der Waals surface area contributed by atoms with Crippen molar-refractivity contribution < 1.29 is 9.15 Å². The molecule has 0 aliphatic carbocycles. The molecule has 4 nitrogen and oxygen atoms in total. The molecule has 0 amide bonds. The Morgan fingerprint density at radius 3 is 2.74 bits per heavy atom. The number of pyridine rings is 1. The van der Waals surface area contributed by atoms with Crippen molar-refractivity contribution in [2.45, 2.75) is 33.5 Å². The quantitative estimate of drug-likeness (QED) is 0.689. The van der Waals surface area contributed by atoms with Crippen molar-refractivity contribution >= 4 is 0 Å². The van der Waals surface area contributed by atoms with E-state index in [-0.39, 0.29) is 6.10 Å². The minimum absolute atomic E-state index is 0.0852. The van der Waals surface area contributed by atoms with Gasteiger partial charge in [0.25, 0.3) is 0 Å². The second-order valence-electron chi connectivity index (χ2n) is 5.65. The number of hydrogen-bond donors (Lipinski definition) is 0. The summed E-state index contributed by atoms with van der Waals surface area (Å²) in [7, 11) is 0. The van der Waals surface area contributed by atoms with Crippen LogP contribution in [0.3, 0.4) is 0 Å². The molecule has 1 atom stereocenters. The lowest BCUT2D eigenvalue weighted by molar-refractivity contribution is 0.0477. The van der Waals surface area contributed by atoms with Crippen LogP contribution < -0.4 is 0 Å². The Kier molecular flexibility index (Phi) is 4.53. The van der Waals surface area contributed by atoms with Gasteiger partial charge in [-0.05, 0) is 56.2 Å². The highest BCUT2D eigenvalue weighted by atomic mass is 16.5. The van der Waals surface area contributed by atoms with Crippen molar-refractivity contribution in [2.75, 3.05) is 0 Å². The molecule has 4 heteroatoms. The van der Waals surface area contributed by atoms with Gasteiger partial charge in [0.05, 0.1) is 18.4 Å². The molecule has 0 unspecified atom stereocenters. The summed E-state index contributed by atoms with van der Waals surface area (Å²) in [5, 5.41) is 0. The molecule has 0 spiro atoms. The summed E-state index contributed by atoms with van der Waals surface area (Å²) in [6.07, 6.45) is 3.33. The van der Waals surface area contributed by atoms with Gasteiger partial charge >= 0.3 is 0 Å². The molecule has 1 aromatic carbocycles. The zero-order valence-corrected chi connectivity index (χ0v) is 13.6. The Balaban J connectivity index is 1.66. The van der Waals surface area contributed by atoms with E-state index in [0.717, 1.165) is 17.0 Å². The number of ether oxygens (including phenoxy) is 1. The van der Waals surface area contributed by atoms with Crippen LogP contribution in [0, 0.1) is 13.8 Å². The lowest BCUT2D eigenvalue weighted by Gasteiger charge is -2.10. The Morgan fingerprint density at radius 1 is 1.13 bits per heavy atom. The lowest BCUT2D eigenvalue weighted by atomic mass is 10.1. The first-order valence-electron chi connectivity index (χ1n) is 7.68. The summed E-state index contributed by atoms with van der Waals surface area (Å²) >= 11 is 0. The van der Waals surface area contributed by atoms with E-state index in [9.17, 15) is 0 Å². The van der Waals surface area contributed by atoms with Crippen molar-refractivity contribution in [1.29, 1.82) is 0 Å². The topological polar surface area (TPSA) is 48.2 Å². The second-order valence-corrected chi connectivity index (χ2v) is 5.65. The van der Waals surface area contributed by atoms with E-state index in [4.69, 9.17) is 9.15 Å². The summed E-state index contributed by atoms with van der Waals surface area (Å²) in [6.45, 7) is 6.55. The SMILES string of the molecule is Cc1ccc(-c2nc(CO[C@H](C)c3ccccn3)co2)cc1C. The normalized spacial score (nSPS) is 12.3. The van der Waals surface area contributed by atoms with E-state index in [0.29, 0.717) is 12.5 Å². The number of benzene rings is 1. The fourth-order valence-corrected chi connectivity index (χ4v) is 2.29. The van der Waals surface area contributed by atoms with Crippen LogP contribution in [0.4, 0.5) is 0 Å². The van der Waals surface area contributed by atoms with Crippen LogP contribution in [0.5, 0.6) is 0 Å². The monoisotopic (exact) mass is 308 g/mol. The molecule has 0 saturated heterocycles. The maximum absolute atomic E-state index is 5.82. The van der Waals surface area contributed by atoms with Crippen LogP contribution in [0.15, 0.2) is 53.3 Å². The third kappa shape index (κ3) is 3.66. The van der Waals surface area contributed by atoms with Gasteiger partial charge in [-0.1, -0.05) is 12.1 Å². The van der Waals surface area contributed by atoms with Gasteiger partial charge in [-0.15, -0.1) is 0 Å². The minimum atomic E-state index is -0.0852. The molecule has 3 aromatic rings. The molecule has 2 heterocycles. The van der Waals surface area contributed by atoms with Gasteiger partial charge in [-0.3, -0.25) is 4.98 Å². The maximum Gasteiger partial charge on any atom is 0.226 e. The number of aromatic nitrogens is 2. The Hall–Kier alpha value is -2.46. The second kappa shape index (κ2) is 6.75. The molecule has 23 heavy (non-hydrogen) atoms. The van der Waals surface area contributed by atoms with E-state index in [2.05, 4.69) is 35.9 Å². The van der Waals surface area contributed by atoms with Crippen molar-refractivity contribution in [3.63, 3.8) is 0 Å². The summed E-state index contributed by atoms with van der Waals surface area (Å²) in [5.41, 5.74) is 5.15. The minimum Gasteiger partial charge on any atom is -0.444 e. The smallest absolute Gasteiger partial charge is 0.226 e. The van der Waals surface area contributed by atoms with Crippen LogP contribution in [-0.2, 0) is 11.3 Å². The molecule has 0 bridgehead atoms. The zero-order valence-electron chi connectivity index (χ0n) is 13.6. The van der Waals surface area contributed by atoms with Gasteiger partial charge in [0.15, 0.2) is 0 Å². The molecule has 118 valence electrons. The number of rotatable bonds is 5. The molecule has 0 fully saturated rings. The summed E-state index contributed by atoms with van der Waals surface area (Å²) in [5.74, 6) is 0.622. The van der Waals surface area contributed by atoms with E-state index in [1.54, 1.807) is 12.5 Å². The van der Waals surface area contributed by atoms with Gasteiger partial charge in [0.2, 0.25) is 5.89 Å². The molecule has 2 aromatic heterocycles. The predicted octanol–water partition coefficient (Wildman–Crippen LogP) is 4.63. The summed E-state index contributed by atoms with van der Waals surface area (Å²) < 4.78 is 11.4. The van der Waals surface area contributed by atoms with Crippen molar-refractivity contribution in [2.24, 2.45) is 0 Å². The first-order chi connectivity index (χ1) is 11.1. The fraction of sp³-hybridized carbons (Fsp3) is 0.263. The predicted molar refractivity (Wildman–Crippen MR) is 88.9 cm³/mol. The third-order valence-electron chi connectivity index (χ3n) is 3.89. The molecule has 3 rings (SSSR count). The fourth-order valence-electron chi connectivity index (χ4n) is 2.29. The molecule has 0 N–H and O–H groups in total. The highest BCUT2D eigenvalue weighted by Gasteiger charge is 2.11. The van der Waals surface area contributed by atoms with Gasteiger partial charge in [0.1, 0.15) is 12.0 Å². The van der Waals surface area contributed by atoms with Crippen LogP contribution in [0.1, 0.15) is 35.5 Å². The highest BCUT2D eigenvalue weighted by Crippen LogP contribution is 2.23. The van der Waals surface area contributed by atoms with Crippen LogP contribution in [0.2, 0.25) is 0 Å². The van der Waals surface area contributed by atoms with E-state index in [1.807, 2.05) is 31.2 Å². The average Bonchev–Trinajstić information content (AvgIpc) is 3.05. The summed E-state index contributed by atoms with van der Waals surface area (Å²) in [6, 6.07) is 12.0. The van der Waals surface area contributed by atoms with Gasteiger partial charge in [-0.2, -0.15) is 0 Å². The average molecular weight is 308 g/mol. The van der Waals surface area contributed by atoms with Crippen LogP contribution in [-0.4, -0.2) is 9.97 Å².